The summed E-state index contributed by atoms with van der Waals surface area (Å²) in [5, 5.41) is 14.7. The number of nitrogens with zero attached hydrogens (tertiary/aromatic N) is 3. The number of furan rings is 1. The van der Waals surface area contributed by atoms with Crippen molar-refractivity contribution < 1.29 is 4.42 Å². The highest BCUT2D eigenvalue weighted by atomic mass is 32.1. The molecule has 6 heteroatoms. The Morgan fingerprint density at radius 3 is 1.59 bits per heavy atom. The van der Waals surface area contributed by atoms with E-state index in [4.69, 9.17) is 19.4 Å². The average Bonchev–Trinajstić information content (AvgIpc) is 4.22. The van der Waals surface area contributed by atoms with Crippen molar-refractivity contribution in [2.24, 2.45) is 0 Å². The first-order chi connectivity index (χ1) is 37.1. The van der Waals surface area contributed by atoms with Crippen LogP contribution in [-0.4, -0.2) is 15.0 Å². The zero-order chi connectivity index (χ0) is 49.1. The number of hydrogen-bond donors (Lipinski definition) is 0. The molecule has 4 heterocycles. The molecule has 12 aromatic carbocycles. The number of fused-ring (bicyclic) bond motifs is 14. The molecule has 0 radical (unpaired) electrons. The van der Waals surface area contributed by atoms with E-state index in [9.17, 15) is 0 Å². The second-order valence-electron chi connectivity index (χ2n) is 19.4. The van der Waals surface area contributed by atoms with Gasteiger partial charge in [-0.05, 0) is 120 Å². The van der Waals surface area contributed by atoms with Gasteiger partial charge in [0.15, 0.2) is 17.5 Å². The maximum atomic E-state index is 6.79. The first kappa shape index (κ1) is 42.2. The normalized spacial score (nSPS) is 12.0. The molecule has 4 aromatic heterocycles. The lowest BCUT2D eigenvalue weighted by atomic mass is 9.89. The third-order valence-corrected chi connectivity index (χ3v) is 17.4. The zero-order valence-electron chi connectivity index (χ0n) is 40.1. The predicted octanol–water partition coefficient (Wildman–Crippen LogP) is 20.0. The molecule has 4 nitrogen and oxygen atoms in total. The number of rotatable bonds is 6. The van der Waals surface area contributed by atoms with Crippen LogP contribution in [0.25, 0.3) is 162 Å². The topological polar surface area (TPSA) is 51.8 Å². The molecular weight excluding hydrogens is 951 g/mol. The molecule has 0 bridgehead atoms. The van der Waals surface area contributed by atoms with Gasteiger partial charge in [0.1, 0.15) is 11.2 Å². The van der Waals surface area contributed by atoms with Crippen molar-refractivity contribution >= 4 is 117 Å². The van der Waals surface area contributed by atoms with Gasteiger partial charge in [-0.1, -0.05) is 182 Å². The van der Waals surface area contributed by atoms with Crippen molar-refractivity contribution in [1.29, 1.82) is 0 Å². The third kappa shape index (κ3) is 6.70. The summed E-state index contributed by atoms with van der Waals surface area (Å²) in [6.07, 6.45) is 0. The minimum Gasteiger partial charge on any atom is -0.456 e. The van der Waals surface area contributed by atoms with Crippen LogP contribution in [0.1, 0.15) is 0 Å². The summed E-state index contributed by atoms with van der Waals surface area (Å²) in [5.41, 5.74) is 11.5. The molecule has 0 unspecified atom stereocenters. The maximum absolute atomic E-state index is 6.79. The highest BCUT2D eigenvalue weighted by Crippen LogP contribution is 2.48. The summed E-state index contributed by atoms with van der Waals surface area (Å²) in [4.78, 5) is 15.6. The van der Waals surface area contributed by atoms with Crippen LogP contribution in [0.2, 0.25) is 0 Å². The fraction of sp³-hybridized carbons (Fsp3) is 0. The molecule has 0 aliphatic heterocycles. The molecule has 0 atom stereocenters. The fourth-order valence-electron chi connectivity index (χ4n) is 11.6. The Hall–Kier alpha value is -9.33. The predicted molar refractivity (Wildman–Crippen MR) is 318 cm³/mol. The highest BCUT2D eigenvalue weighted by molar-refractivity contribution is 7.27. The second-order valence-corrected chi connectivity index (χ2v) is 21.5. The number of benzene rings is 12. The van der Waals surface area contributed by atoms with E-state index in [1.165, 1.54) is 94.9 Å². The first-order valence-corrected chi connectivity index (χ1v) is 26.9. The number of thiophene rings is 2. The van der Waals surface area contributed by atoms with Crippen molar-refractivity contribution in [1.82, 2.24) is 15.0 Å². The molecule has 0 saturated carbocycles. The van der Waals surface area contributed by atoms with E-state index >= 15 is 0 Å². The maximum Gasteiger partial charge on any atom is 0.164 e. The highest BCUT2D eigenvalue weighted by Gasteiger charge is 2.21. The van der Waals surface area contributed by atoms with Crippen LogP contribution in [-0.2, 0) is 0 Å². The monoisotopic (exact) mass is 989 g/mol. The first-order valence-electron chi connectivity index (χ1n) is 25.2. The van der Waals surface area contributed by atoms with Crippen molar-refractivity contribution in [3.8, 4) is 67.5 Å². The van der Waals surface area contributed by atoms with Gasteiger partial charge in [-0.3, -0.25) is 0 Å². The van der Waals surface area contributed by atoms with Crippen LogP contribution < -0.4 is 0 Å². The van der Waals surface area contributed by atoms with E-state index in [2.05, 4.69) is 218 Å². The Morgan fingerprint density at radius 1 is 0.267 bits per heavy atom. The summed E-state index contributed by atoms with van der Waals surface area (Å²) in [7, 11) is 0. The lowest BCUT2D eigenvalue weighted by molar-refractivity contribution is 0.669. The van der Waals surface area contributed by atoms with Gasteiger partial charge in [0, 0.05) is 67.8 Å². The Labute approximate surface area is 438 Å². The largest absolute Gasteiger partial charge is 0.456 e. The lowest BCUT2D eigenvalue weighted by Gasteiger charge is -2.14. The molecule has 16 rings (SSSR count). The van der Waals surface area contributed by atoms with Crippen molar-refractivity contribution in [2.45, 2.75) is 0 Å². The van der Waals surface area contributed by atoms with Crippen LogP contribution in [0.5, 0.6) is 0 Å². The van der Waals surface area contributed by atoms with E-state index in [-0.39, 0.29) is 0 Å². The number of hydrogen-bond acceptors (Lipinski definition) is 6. The van der Waals surface area contributed by atoms with Gasteiger partial charge in [-0.15, -0.1) is 22.7 Å². The summed E-state index contributed by atoms with van der Waals surface area (Å²) < 4.78 is 11.8. The Morgan fingerprint density at radius 2 is 0.800 bits per heavy atom. The van der Waals surface area contributed by atoms with E-state index in [0.717, 1.165) is 49.8 Å². The fourth-order valence-corrected chi connectivity index (χ4v) is 14.1. The van der Waals surface area contributed by atoms with Crippen LogP contribution >= 0.6 is 22.7 Å². The van der Waals surface area contributed by atoms with Gasteiger partial charge in [0.25, 0.3) is 0 Å². The zero-order valence-corrected chi connectivity index (χ0v) is 41.7. The minimum atomic E-state index is 0.582. The van der Waals surface area contributed by atoms with Crippen LogP contribution in [0.3, 0.4) is 0 Å². The molecule has 348 valence electrons. The third-order valence-electron chi connectivity index (χ3n) is 15.1. The Balaban J connectivity index is 0.824. The quantitative estimate of drug-likeness (QED) is 0.156. The number of aromatic nitrogens is 3. The smallest absolute Gasteiger partial charge is 0.164 e. The van der Waals surface area contributed by atoms with E-state index in [0.29, 0.717) is 17.5 Å². The summed E-state index contributed by atoms with van der Waals surface area (Å²) in [6, 6.07) is 85.1. The van der Waals surface area contributed by atoms with Crippen molar-refractivity contribution in [3.05, 3.63) is 237 Å². The van der Waals surface area contributed by atoms with Gasteiger partial charge >= 0.3 is 0 Å². The Kier molecular flexibility index (Phi) is 9.34. The molecule has 0 aliphatic rings. The molecule has 75 heavy (non-hydrogen) atoms. The average molecular weight is 990 g/mol. The molecule has 0 amide bonds. The van der Waals surface area contributed by atoms with Gasteiger partial charge in [0.05, 0.1) is 0 Å². The molecular formula is C69H39N3OS2. The van der Waals surface area contributed by atoms with Gasteiger partial charge in [0.2, 0.25) is 0 Å². The van der Waals surface area contributed by atoms with Crippen molar-refractivity contribution in [3.63, 3.8) is 0 Å². The van der Waals surface area contributed by atoms with Crippen LogP contribution in [0.4, 0.5) is 0 Å². The van der Waals surface area contributed by atoms with E-state index in [1.54, 1.807) is 0 Å². The van der Waals surface area contributed by atoms with E-state index < -0.39 is 0 Å². The van der Waals surface area contributed by atoms with Crippen molar-refractivity contribution in [2.75, 3.05) is 0 Å². The SMILES string of the molecule is c1ccc(-c2nc(-c3ccc4c(c3)oc3cc(-c5ccccc5-c5cccc6sc7ccccc7c56)ccc34)nc(-c3ccc4c(c3)sc3c5ccccc5cc(-c5cc6ccccc6c6ccccc56)c43)n2)cc1. The standard InChI is InChI=1S/C69H39N3OS2/c1-2-15-40(16-3-1)67-70-68(44-30-33-53-52-32-29-43(37-59(52)73-60(53)38-44)47-20-8-9-23-50(47)54-26-14-28-62-64(54)55-25-12-13-27-61(55)74-62)72-69(71-67)45-31-34-56-63(39-45)75-66-48-21-7-5-18-42(48)36-58(65(56)66)57-35-41-17-4-6-19-46(41)49-22-10-11-24-51(49)57/h1-39H. The molecule has 16 aromatic rings. The van der Waals surface area contributed by atoms with Crippen LogP contribution in [0.15, 0.2) is 241 Å². The molecule has 0 saturated heterocycles. The Bertz CT molecular complexity index is 5030. The van der Waals surface area contributed by atoms with Gasteiger partial charge in [-0.2, -0.15) is 0 Å². The van der Waals surface area contributed by atoms with Crippen LogP contribution in [0, 0.1) is 0 Å². The lowest BCUT2D eigenvalue weighted by Crippen LogP contribution is -2.00. The summed E-state index contributed by atoms with van der Waals surface area (Å²) in [6.45, 7) is 0. The molecule has 0 spiro atoms. The molecule has 0 fully saturated rings. The second kappa shape index (κ2) is 16.6. The van der Waals surface area contributed by atoms with E-state index in [1.807, 2.05) is 40.9 Å². The molecule has 0 N–H and O–H groups in total. The summed E-state index contributed by atoms with van der Waals surface area (Å²) >= 11 is 3.69. The van der Waals surface area contributed by atoms with Gasteiger partial charge in [-0.25, -0.2) is 15.0 Å². The molecule has 0 aliphatic carbocycles. The summed E-state index contributed by atoms with van der Waals surface area (Å²) in [5.74, 6) is 1.81. The van der Waals surface area contributed by atoms with Gasteiger partial charge < -0.3 is 4.42 Å². The minimum absolute atomic E-state index is 0.582.